The number of aliphatic hydroxyl groups excluding tert-OH is 1. The van der Waals surface area contributed by atoms with Gasteiger partial charge in [0.15, 0.2) is 11.5 Å². The molecule has 29 heavy (non-hydrogen) atoms. The molecule has 2 aliphatic rings. The first-order valence-corrected chi connectivity index (χ1v) is 9.38. The number of aliphatic hydroxyl groups is 1. The Labute approximate surface area is 170 Å². The average Bonchev–Trinajstić information content (AvgIpc) is 3.17. The van der Waals surface area contributed by atoms with E-state index in [2.05, 4.69) is 0 Å². The van der Waals surface area contributed by atoms with E-state index in [0.717, 1.165) is 5.56 Å². The van der Waals surface area contributed by atoms with Crippen LogP contribution >= 0.6 is 11.6 Å². The van der Waals surface area contributed by atoms with Crippen LogP contribution in [0.1, 0.15) is 28.4 Å². The van der Waals surface area contributed by atoms with Gasteiger partial charge in [0.25, 0.3) is 0 Å². The smallest absolute Gasteiger partial charge is 0.354 e. The van der Waals surface area contributed by atoms with E-state index in [0.29, 0.717) is 38.6 Å². The quantitative estimate of drug-likeness (QED) is 0.646. The molecule has 2 aromatic carbocycles. The van der Waals surface area contributed by atoms with Gasteiger partial charge in [-0.15, -0.1) is 0 Å². The van der Waals surface area contributed by atoms with Crippen molar-refractivity contribution in [3.63, 3.8) is 0 Å². The number of halogens is 1. The number of nitriles is 1. The van der Waals surface area contributed by atoms with Crippen LogP contribution in [0.4, 0.5) is 0 Å². The van der Waals surface area contributed by atoms with Gasteiger partial charge < -0.3 is 19.0 Å². The van der Waals surface area contributed by atoms with E-state index in [1.54, 1.807) is 24.3 Å². The van der Waals surface area contributed by atoms with Gasteiger partial charge in [0.1, 0.15) is 17.2 Å². The summed E-state index contributed by atoms with van der Waals surface area (Å²) in [5.74, 6) is 0.887. The highest BCUT2D eigenvalue weighted by Crippen LogP contribution is 2.42. The number of hydrogen-bond donors (Lipinski definition) is 1. The highest BCUT2D eigenvalue weighted by molar-refractivity contribution is 6.31. The predicted molar refractivity (Wildman–Crippen MR) is 106 cm³/mol. The first-order chi connectivity index (χ1) is 14.0. The highest BCUT2D eigenvalue weighted by atomic mass is 35.5. The van der Waals surface area contributed by atoms with Gasteiger partial charge in [-0.3, -0.25) is 0 Å². The summed E-state index contributed by atoms with van der Waals surface area (Å²) in [5, 5.41) is 21.6. The lowest BCUT2D eigenvalue weighted by Crippen LogP contribution is -2.19. The molecule has 6 nitrogen and oxygen atoms in total. The zero-order chi connectivity index (χ0) is 20.1. The van der Waals surface area contributed by atoms with E-state index in [9.17, 15) is 15.2 Å². The largest absolute Gasteiger partial charge is 0.454 e. The molecule has 0 bridgehead atoms. The van der Waals surface area contributed by atoms with Crippen molar-refractivity contribution < 1.29 is 19.0 Å². The lowest BCUT2D eigenvalue weighted by molar-refractivity contribution is 0.129. The normalized spacial score (nSPS) is 19.2. The molecule has 1 aromatic heterocycles. The minimum absolute atomic E-state index is 0.0724. The number of rotatable bonds is 2. The van der Waals surface area contributed by atoms with Crippen LogP contribution in [0.3, 0.4) is 0 Å². The first kappa shape index (κ1) is 17.8. The van der Waals surface area contributed by atoms with E-state index >= 15 is 0 Å². The molecule has 3 aromatic rings. The molecule has 0 saturated heterocycles. The Balaban J connectivity index is 1.60. The van der Waals surface area contributed by atoms with Crippen LogP contribution < -0.4 is 15.1 Å². The van der Waals surface area contributed by atoms with Crippen molar-refractivity contribution in [2.45, 2.75) is 12.5 Å². The summed E-state index contributed by atoms with van der Waals surface area (Å²) in [5.41, 5.74) is 1.65. The highest BCUT2D eigenvalue weighted by Gasteiger charge is 2.29. The van der Waals surface area contributed by atoms with E-state index in [4.69, 9.17) is 25.5 Å². The molecule has 2 atom stereocenters. The summed E-state index contributed by atoms with van der Waals surface area (Å²) in [7, 11) is 0. The molecule has 0 radical (unpaired) electrons. The summed E-state index contributed by atoms with van der Waals surface area (Å²) < 4.78 is 16.1. The number of fused-ring (bicyclic) bond motifs is 3. The molecule has 1 aliphatic carbocycles. The summed E-state index contributed by atoms with van der Waals surface area (Å²) >= 11 is 6.13. The number of hydrogen-bond acceptors (Lipinski definition) is 6. The van der Waals surface area contributed by atoms with E-state index < -0.39 is 11.7 Å². The summed E-state index contributed by atoms with van der Waals surface area (Å²) in [6.07, 6.45) is 3.22. The molecule has 0 saturated carbocycles. The fourth-order valence-corrected chi connectivity index (χ4v) is 4.09. The van der Waals surface area contributed by atoms with Crippen LogP contribution in [-0.4, -0.2) is 11.9 Å². The van der Waals surface area contributed by atoms with Crippen molar-refractivity contribution in [2.24, 2.45) is 5.92 Å². The van der Waals surface area contributed by atoms with Crippen molar-refractivity contribution in [3.05, 3.63) is 74.1 Å². The standard InChI is InChI=1S/C22H14ClNO5/c23-13-3-4-18-16(7-13)15(17(9-24)22(26)29-18)5-12-2-1-11-6-19-20(28-10-27-19)8-14(11)21(12)25/h1-4,6-8,12,21,25H,5,10H2/t12-,21-/m0/s1. The Bertz CT molecular complexity index is 1290. The predicted octanol–water partition coefficient (Wildman–Crippen LogP) is 3.97. The second-order valence-electron chi connectivity index (χ2n) is 7.00. The molecule has 0 spiro atoms. The summed E-state index contributed by atoms with van der Waals surface area (Å²) in [6.45, 7) is 0.152. The zero-order valence-corrected chi connectivity index (χ0v) is 15.8. The minimum Gasteiger partial charge on any atom is -0.454 e. The van der Waals surface area contributed by atoms with Gasteiger partial charge in [-0.1, -0.05) is 23.8 Å². The second-order valence-corrected chi connectivity index (χ2v) is 7.44. The van der Waals surface area contributed by atoms with Crippen LogP contribution in [0.2, 0.25) is 5.02 Å². The lowest BCUT2D eigenvalue weighted by Gasteiger charge is -2.26. The van der Waals surface area contributed by atoms with Gasteiger partial charge in [-0.2, -0.15) is 5.26 Å². The van der Waals surface area contributed by atoms with Crippen molar-refractivity contribution in [2.75, 3.05) is 6.79 Å². The number of ether oxygens (including phenoxy) is 2. The molecule has 5 rings (SSSR count). The van der Waals surface area contributed by atoms with Crippen molar-refractivity contribution in [1.29, 1.82) is 5.26 Å². The van der Waals surface area contributed by atoms with Crippen molar-refractivity contribution >= 4 is 28.6 Å². The Morgan fingerprint density at radius 3 is 2.79 bits per heavy atom. The van der Waals surface area contributed by atoms with Crippen LogP contribution in [0.15, 0.2) is 45.6 Å². The van der Waals surface area contributed by atoms with Gasteiger partial charge in [-0.25, -0.2) is 4.79 Å². The molecule has 0 fully saturated rings. The molecular weight excluding hydrogens is 394 g/mol. The minimum atomic E-state index is -0.836. The van der Waals surface area contributed by atoms with Crippen molar-refractivity contribution in [3.8, 4) is 17.6 Å². The maximum Gasteiger partial charge on any atom is 0.354 e. The van der Waals surface area contributed by atoms with E-state index in [-0.39, 0.29) is 24.7 Å². The Morgan fingerprint density at radius 1 is 1.21 bits per heavy atom. The molecule has 144 valence electrons. The number of nitrogens with zero attached hydrogens (tertiary/aromatic N) is 1. The van der Waals surface area contributed by atoms with Gasteiger partial charge in [-0.05, 0) is 53.4 Å². The topological polar surface area (TPSA) is 92.7 Å². The molecule has 0 unspecified atom stereocenters. The van der Waals surface area contributed by atoms with Gasteiger partial charge >= 0.3 is 5.63 Å². The van der Waals surface area contributed by atoms with Gasteiger partial charge in [0.05, 0.1) is 6.10 Å². The maximum absolute atomic E-state index is 12.3. The van der Waals surface area contributed by atoms with Crippen LogP contribution in [0.25, 0.3) is 17.0 Å². The SMILES string of the molecule is N#Cc1c(C[C@@H]2C=Cc3cc4c(cc3[C@H]2O)OCO4)c2cc(Cl)ccc2oc1=O. The fourth-order valence-electron chi connectivity index (χ4n) is 3.91. The van der Waals surface area contributed by atoms with Gasteiger partial charge in [0.2, 0.25) is 6.79 Å². The third-order valence-corrected chi connectivity index (χ3v) is 5.59. The molecule has 0 amide bonds. The average molecular weight is 408 g/mol. The summed E-state index contributed by atoms with van der Waals surface area (Å²) in [4.78, 5) is 12.3. The third kappa shape index (κ3) is 2.87. The molecule has 1 aliphatic heterocycles. The van der Waals surface area contributed by atoms with E-state index in [1.165, 1.54) is 0 Å². The number of benzene rings is 2. The third-order valence-electron chi connectivity index (χ3n) is 5.35. The monoisotopic (exact) mass is 407 g/mol. The van der Waals surface area contributed by atoms with Crippen molar-refractivity contribution in [1.82, 2.24) is 0 Å². The van der Waals surface area contributed by atoms with E-state index in [1.807, 2.05) is 24.3 Å². The van der Waals surface area contributed by atoms with Crippen LogP contribution in [0, 0.1) is 17.2 Å². The first-order valence-electron chi connectivity index (χ1n) is 9.00. The summed E-state index contributed by atoms with van der Waals surface area (Å²) in [6, 6.07) is 10.4. The Hall–Kier alpha value is -3.27. The van der Waals surface area contributed by atoms with Gasteiger partial charge in [0, 0.05) is 16.3 Å². The molecular formula is C22H14ClNO5. The fraction of sp³-hybridized carbons (Fsp3) is 0.182. The lowest BCUT2D eigenvalue weighted by atomic mass is 9.82. The Kier molecular flexibility index (Phi) is 4.09. The molecule has 7 heteroatoms. The zero-order valence-electron chi connectivity index (χ0n) is 15.0. The Morgan fingerprint density at radius 2 is 2.00 bits per heavy atom. The molecule has 1 N–H and O–H groups in total. The second kappa shape index (κ2) is 6.66. The maximum atomic E-state index is 12.3. The van der Waals surface area contributed by atoms with Crippen LogP contribution in [0.5, 0.6) is 11.5 Å². The van der Waals surface area contributed by atoms with Crippen LogP contribution in [-0.2, 0) is 6.42 Å². The molecule has 2 heterocycles.